The Labute approximate surface area is 234 Å². The van der Waals surface area contributed by atoms with E-state index in [1.807, 2.05) is 0 Å². The standard InChI is InChI=1S/C25H41P.2C2H4O2.H2O.Pd/c1-2-3-4-5-26(24-12-18-6-19(13-24)8-20(7-18)14-24)25-15-21-9-22(16-25)11-23(10-21)17-25;2*1-2(3)4;;/h18-23H,2-17H2,1H3;2*1H3,(H,3,4);1H2;/p+1. The average molecular weight is 618 g/mol. The largest absolute Gasteiger partial charge is 0.481 e. The van der Waals surface area contributed by atoms with Crippen LogP contribution >= 0.6 is 7.92 Å². The molecule has 8 fully saturated rings. The minimum Gasteiger partial charge on any atom is -0.481 e. The van der Waals surface area contributed by atoms with Crippen LogP contribution in [0.2, 0.25) is 0 Å². The van der Waals surface area contributed by atoms with Crippen LogP contribution in [0.1, 0.15) is 117 Å². The summed E-state index contributed by atoms with van der Waals surface area (Å²) in [5.41, 5.74) is 0. The van der Waals surface area contributed by atoms with Crippen molar-refractivity contribution in [3.05, 3.63) is 0 Å². The molecule has 0 aromatic heterocycles. The van der Waals surface area contributed by atoms with Gasteiger partial charge in [-0.1, -0.05) is 19.8 Å². The van der Waals surface area contributed by atoms with Crippen molar-refractivity contribution in [2.45, 2.75) is 127 Å². The number of unbranched alkanes of at least 4 members (excludes halogenated alkanes) is 2. The van der Waals surface area contributed by atoms with Gasteiger partial charge in [0, 0.05) is 42.2 Å². The molecule has 0 atom stereocenters. The summed E-state index contributed by atoms with van der Waals surface area (Å²) in [6.45, 7) is 4.59. The van der Waals surface area contributed by atoms with Crippen LogP contribution in [0.15, 0.2) is 0 Å². The van der Waals surface area contributed by atoms with Crippen LogP contribution in [0.4, 0.5) is 0 Å². The third-order valence-corrected chi connectivity index (χ3v) is 15.0. The van der Waals surface area contributed by atoms with Gasteiger partial charge in [0.25, 0.3) is 11.9 Å². The van der Waals surface area contributed by atoms with Crippen molar-refractivity contribution < 1.29 is 45.7 Å². The number of hydrogen-bond acceptors (Lipinski definition) is 2. The molecule has 0 spiro atoms. The van der Waals surface area contributed by atoms with Crippen molar-refractivity contribution in [2.24, 2.45) is 35.5 Å². The van der Waals surface area contributed by atoms with Crippen LogP contribution in [-0.4, -0.2) is 44.1 Å². The van der Waals surface area contributed by atoms with Crippen LogP contribution in [-0.2, 0) is 30.0 Å². The van der Waals surface area contributed by atoms with E-state index in [0.717, 1.165) is 24.2 Å². The van der Waals surface area contributed by atoms with Gasteiger partial charge in [-0.2, -0.15) is 0 Å². The second-order valence-electron chi connectivity index (χ2n) is 13.4. The summed E-state index contributed by atoms with van der Waals surface area (Å²) in [5.74, 6) is 5.34. The molecule has 0 amide bonds. The number of hydrogen-bond donors (Lipinski definition) is 2. The molecule has 8 aliphatic carbocycles. The predicted molar refractivity (Wildman–Crippen MR) is 145 cm³/mol. The van der Waals surface area contributed by atoms with Crippen molar-refractivity contribution in [3.63, 3.8) is 0 Å². The Balaban J connectivity index is 0.000000405. The Hall–Kier alpha value is -0.00766. The van der Waals surface area contributed by atoms with Gasteiger partial charge in [0.1, 0.15) is 0 Å². The summed E-state index contributed by atoms with van der Waals surface area (Å²) in [6.07, 6.45) is 26.4. The van der Waals surface area contributed by atoms with E-state index in [9.17, 15) is 0 Å². The Bertz CT molecular complexity index is 607. The molecule has 5 nitrogen and oxygen atoms in total. The van der Waals surface area contributed by atoms with Crippen molar-refractivity contribution in [3.8, 4) is 0 Å². The first-order valence-corrected chi connectivity index (χ1v) is 16.1. The van der Waals surface area contributed by atoms with Crippen LogP contribution in [0.5, 0.6) is 0 Å². The minimum absolute atomic E-state index is 0. The van der Waals surface area contributed by atoms with Crippen molar-refractivity contribution >= 4 is 19.9 Å². The van der Waals surface area contributed by atoms with Crippen LogP contribution < -0.4 is 0 Å². The fourth-order valence-electron chi connectivity index (χ4n) is 10.6. The quantitative estimate of drug-likeness (QED) is 0.197. The summed E-state index contributed by atoms with van der Waals surface area (Å²) in [6, 6.07) is 0. The molecule has 8 saturated carbocycles. The molecule has 0 heterocycles. The summed E-state index contributed by atoms with van der Waals surface area (Å²) >= 11 is 0. The molecule has 0 aliphatic heterocycles. The van der Waals surface area contributed by atoms with Crippen LogP contribution in [0.25, 0.3) is 0 Å². The third-order valence-electron chi connectivity index (χ3n) is 10.4. The van der Waals surface area contributed by atoms with E-state index in [-0.39, 0.29) is 33.8 Å². The molecule has 36 heavy (non-hydrogen) atoms. The monoisotopic (exact) mass is 617 g/mol. The first-order chi connectivity index (χ1) is 16.1. The molecule has 212 valence electrons. The van der Waals surface area contributed by atoms with Gasteiger partial charge in [-0.3, -0.25) is 9.59 Å². The summed E-state index contributed by atoms with van der Waals surface area (Å²) < 4.78 is 0. The second-order valence-corrected chi connectivity index (χ2v) is 16.9. The van der Waals surface area contributed by atoms with Gasteiger partial charge < -0.3 is 15.7 Å². The van der Waals surface area contributed by atoms with E-state index in [1.54, 1.807) is 89.6 Å². The predicted octanol–water partition coefficient (Wildman–Crippen LogP) is 6.68. The van der Waals surface area contributed by atoms with Crippen molar-refractivity contribution in [1.82, 2.24) is 0 Å². The number of carboxylic acids is 2. The zero-order chi connectivity index (χ0) is 24.5. The zero-order valence-corrected chi connectivity index (χ0v) is 25.4. The SMILES string of the molecule is CC(=O)O.CC(=O)O.CCCCC[PH+](C12CC3CC(CC(C3)C1)C2)C12CC3CC(CC(C3)C1)C2.O.[Pd]. The van der Waals surface area contributed by atoms with Gasteiger partial charge in [-0.25, -0.2) is 0 Å². The molecule has 4 N–H and O–H groups in total. The molecule has 8 rings (SSSR count). The maximum Gasteiger partial charge on any atom is 0.300 e. The topological polar surface area (TPSA) is 106 Å². The Morgan fingerprint density at radius 3 is 1.14 bits per heavy atom. The molecule has 8 aliphatic rings. The molecular formula is C29H52O5PPd+. The van der Waals surface area contributed by atoms with Crippen molar-refractivity contribution in [2.75, 3.05) is 6.16 Å². The molecule has 0 unspecified atom stereocenters. The van der Waals surface area contributed by atoms with Gasteiger partial charge >= 0.3 is 0 Å². The third kappa shape index (κ3) is 7.34. The van der Waals surface area contributed by atoms with E-state index in [0.29, 0.717) is 0 Å². The van der Waals surface area contributed by atoms with Crippen molar-refractivity contribution in [1.29, 1.82) is 0 Å². The zero-order valence-electron chi connectivity index (χ0n) is 22.8. The Morgan fingerprint density at radius 1 is 0.667 bits per heavy atom. The van der Waals surface area contributed by atoms with E-state index in [4.69, 9.17) is 19.8 Å². The van der Waals surface area contributed by atoms with Gasteiger partial charge in [0.15, 0.2) is 0 Å². The Morgan fingerprint density at radius 2 is 0.917 bits per heavy atom. The average Bonchev–Trinajstić information content (AvgIpc) is 2.68. The number of aliphatic carboxylic acids is 2. The minimum atomic E-state index is -0.833. The first kappa shape index (κ1) is 32.2. The van der Waals surface area contributed by atoms with E-state index < -0.39 is 11.9 Å². The Kier molecular flexibility index (Phi) is 12.0. The van der Waals surface area contributed by atoms with Crippen LogP contribution in [0, 0.1) is 35.5 Å². The smallest absolute Gasteiger partial charge is 0.300 e. The number of carbonyl (C=O) groups is 2. The van der Waals surface area contributed by atoms with Gasteiger partial charge in [-0.15, -0.1) is 0 Å². The van der Waals surface area contributed by atoms with Gasteiger partial charge in [0.2, 0.25) is 0 Å². The second kappa shape index (κ2) is 13.4. The molecule has 0 aromatic carbocycles. The fraction of sp³-hybridized carbons (Fsp3) is 0.931. The summed E-state index contributed by atoms with van der Waals surface area (Å²) in [7, 11) is -0.205. The number of carboxylic acid groups (broad SMARTS) is 2. The molecule has 0 aromatic rings. The van der Waals surface area contributed by atoms with Gasteiger partial charge in [-0.05, 0) is 119 Å². The van der Waals surface area contributed by atoms with E-state index in [1.165, 1.54) is 48.3 Å². The first-order valence-electron chi connectivity index (χ1n) is 14.4. The molecule has 8 bridgehead atoms. The molecule has 0 saturated heterocycles. The normalized spacial score (nSPS) is 41.0. The van der Waals surface area contributed by atoms with Gasteiger partial charge in [0.05, 0.1) is 16.5 Å². The van der Waals surface area contributed by atoms with Crippen LogP contribution in [0.3, 0.4) is 0 Å². The summed E-state index contributed by atoms with van der Waals surface area (Å²) in [5, 5.41) is 16.7. The molecule has 0 radical (unpaired) electrons. The fourth-order valence-corrected chi connectivity index (χ4v) is 16.6. The molecular weight excluding hydrogens is 566 g/mol. The molecule has 7 heteroatoms. The van der Waals surface area contributed by atoms with E-state index in [2.05, 4.69) is 6.92 Å². The maximum atomic E-state index is 9.00. The maximum absolute atomic E-state index is 9.00. The number of rotatable bonds is 6. The van der Waals surface area contributed by atoms with E-state index >= 15 is 0 Å². The summed E-state index contributed by atoms with van der Waals surface area (Å²) in [4.78, 5) is 18.0.